The first-order valence-corrected chi connectivity index (χ1v) is 28.3. The normalized spacial score (nSPS) is 18.0. The molecule has 0 spiro atoms. The van der Waals surface area contributed by atoms with Crippen molar-refractivity contribution in [3.05, 3.63) is 130 Å². The minimum atomic E-state index is -0.801. The first kappa shape index (κ1) is 61.7. The lowest BCUT2D eigenvalue weighted by molar-refractivity contribution is 0.0506. The molecule has 2 fully saturated rings. The van der Waals surface area contributed by atoms with Crippen LogP contribution in [0.25, 0.3) is 0 Å². The predicted molar refractivity (Wildman–Crippen MR) is 309 cm³/mol. The van der Waals surface area contributed by atoms with Crippen LogP contribution in [0.3, 0.4) is 0 Å². The number of carbonyl (C=O) groups excluding carboxylic acids is 4. The SMILES string of the molecule is CCCCOC(=O)NC(C)(C)c1cccc(C(C)(C)NC(=O)OC(COc2ccc(C(C)(C)c3ccc(OCC(CN4CC4C)OC(=O)NC(C)(C)c4cccc(C(C)(C)NC(=O)OCCCC)c4)cc3)cc2)CN2CC2C)c1. The van der Waals surface area contributed by atoms with Gasteiger partial charge in [-0.1, -0.05) is 113 Å². The minimum Gasteiger partial charge on any atom is -0.490 e. The van der Waals surface area contributed by atoms with E-state index in [4.69, 9.17) is 28.4 Å². The number of alkyl carbamates (subject to hydrolysis) is 4. The molecule has 6 unspecified atom stereocenters. The fourth-order valence-electron chi connectivity index (χ4n) is 9.30. The quantitative estimate of drug-likeness (QED) is 0.0241. The number of amides is 4. The number of carbonyl (C=O) groups is 4. The molecule has 2 aliphatic rings. The van der Waals surface area contributed by atoms with Crippen molar-refractivity contribution in [1.29, 1.82) is 0 Å². The Bertz CT molecular complexity index is 2470. The van der Waals surface area contributed by atoms with Gasteiger partial charge in [0, 0.05) is 43.7 Å². The molecule has 0 saturated carbocycles. The Kier molecular flexibility index (Phi) is 20.8. The fourth-order valence-corrected chi connectivity index (χ4v) is 9.30. The molecule has 0 aliphatic carbocycles. The predicted octanol–water partition coefficient (Wildman–Crippen LogP) is 11.8. The summed E-state index contributed by atoms with van der Waals surface area (Å²) in [6.07, 6.45) is 0.371. The summed E-state index contributed by atoms with van der Waals surface area (Å²) in [4.78, 5) is 56.7. The maximum absolute atomic E-state index is 13.6. The largest absolute Gasteiger partial charge is 0.490 e. The highest BCUT2D eigenvalue weighted by atomic mass is 16.6. The monoisotopic (exact) mass is 1090 g/mol. The molecule has 6 atom stereocenters. The Labute approximate surface area is 470 Å². The van der Waals surface area contributed by atoms with Crippen LogP contribution in [-0.2, 0) is 46.5 Å². The van der Waals surface area contributed by atoms with Crippen molar-refractivity contribution in [3.63, 3.8) is 0 Å². The second kappa shape index (κ2) is 26.6. The zero-order valence-corrected chi connectivity index (χ0v) is 49.5. The Morgan fingerprint density at radius 2 is 0.785 bits per heavy atom. The first-order valence-electron chi connectivity index (χ1n) is 28.3. The highest BCUT2D eigenvalue weighted by Gasteiger charge is 2.36. The highest BCUT2D eigenvalue weighted by molar-refractivity contribution is 5.71. The minimum absolute atomic E-state index is 0.169. The molecule has 4 N–H and O–H groups in total. The average Bonchev–Trinajstić information content (AvgIpc) is 4.30. The van der Waals surface area contributed by atoms with Gasteiger partial charge in [-0.3, -0.25) is 9.80 Å². The third kappa shape index (κ3) is 18.3. The molecule has 432 valence electrons. The molecule has 2 aliphatic heterocycles. The van der Waals surface area contributed by atoms with Gasteiger partial charge in [0.05, 0.1) is 35.4 Å². The van der Waals surface area contributed by atoms with Crippen molar-refractivity contribution in [2.75, 3.05) is 52.6 Å². The van der Waals surface area contributed by atoms with Gasteiger partial charge >= 0.3 is 24.4 Å². The van der Waals surface area contributed by atoms with E-state index in [1.807, 2.05) is 142 Å². The van der Waals surface area contributed by atoms with Crippen LogP contribution in [0.15, 0.2) is 97.1 Å². The van der Waals surface area contributed by atoms with Gasteiger partial charge in [-0.2, -0.15) is 0 Å². The van der Waals surface area contributed by atoms with Crippen LogP contribution in [0.5, 0.6) is 11.5 Å². The number of benzene rings is 4. The van der Waals surface area contributed by atoms with Crippen molar-refractivity contribution in [1.82, 2.24) is 31.1 Å². The van der Waals surface area contributed by atoms with Gasteiger partial charge in [-0.25, -0.2) is 19.2 Å². The molecular weight excluding hydrogens is 1000 g/mol. The lowest BCUT2D eigenvalue weighted by Gasteiger charge is -2.31. The molecule has 4 aromatic carbocycles. The van der Waals surface area contributed by atoms with Crippen molar-refractivity contribution >= 4 is 24.4 Å². The van der Waals surface area contributed by atoms with Crippen molar-refractivity contribution in [2.45, 2.75) is 174 Å². The van der Waals surface area contributed by atoms with Crippen molar-refractivity contribution in [3.8, 4) is 11.5 Å². The Morgan fingerprint density at radius 3 is 1.08 bits per heavy atom. The Balaban J connectivity index is 1.01. The third-order valence-electron chi connectivity index (χ3n) is 15.2. The van der Waals surface area contributed by atoms with E-state index in [1.165, 1.54) is 0 Å². The van der Waals surface area contributed by atoms with E-state index in [0.29, 0.717) is 49.9 Å². The van der Waals surface area contributed by atoms with Gasteiger partial charge in [-0.15, -0.1) is 0 Å². The van der Waals surface area contributed by atoms with Gasteiger partial charge < -0.3 is 49.7 Å². The lowest BCUT2D eigenvalue weighted by Crippen LogP contribution is -2.45. The summed E-state index contributed by atoms with van der Waals surface area (Å²) >= 11 is 0. The number of hydrogen-bond acceptors (Lipinski definition) is 12. The number of nitrogens with one attached hydrogen (secondary N) is 4. The molecule has 16 nitrogen and oxygen atoms in total. The number of unbranched alkanes of at least 4 members (excludes halogenated alkanes) is 2. The molecule has 79 heavy (non-hydrogen) atoms. The zero-order valence-electron chi connectivity index (χ0n) is 49.5. The van der Waals surface area contributed by atoms with Gasteiger partial charge in [0.1, 0.15) is 24.7 Å². The summed E-state index contributed by atoms with van der Waals surface area (Å²) in [5.41, 5.74) is 2.20. The van der Waals surface area contributed by atoms with Gasteiger partial charge in [0.15, 0.2) is 12.2 Å². The summed E-state index contributed by atoms with van der Waals surface area (Å²) < 4.78 is 35.4. The van der Waals surface area contributed by atoms with Crippen LogP contribution in [0.4, 0.5) is 19.2 Å². The van der Waals surface area contributed by atoms with Crippen LogP contribution in [0, 0.1) is 0 Å². The third-order valence-corrected chi connectivity index (χ3v) is 15.2. The number of hydrogen-bond donors (Lipinski definition) is 4. The smallest absolute Gasteiger partial charge is 0.408 e. The van der Waals surface area contributed by atoms with E-state index < -0.39 is 58.7 Å². The molecule has 2 saturated heterocycles. The maximum atomic E-state index is 13.6. The molecule has 4 amide bonds. The maximum Gasteiger partial charge on any atom is 0.408 e. The van der Waals surface area contributed by atoms with E-state index in [9.17, 15) is 19.2 Å². The van der Waals surface area contributed by atoms with Crippen LogP contribution in [0.2, 0.25) is 0 Å². The van der Waals surface area contributed by atoms with E-state index in [-0.39, 0.29) is 18.6 Å². The molecule has 4 aromatic rings. The number of ether oxygens (including phenoxy) is 6. The molecule has 0 aromatic heterocycles. The topological polar surface area (TPSA) is 178 Å². The highest BCUT2D eigenvalue weighted by Crippen LogP contribution is 2.35. The summed E-state index contributed by atoms with van der Waals surface area (Å²) in [5.74, 6) is 1.32. The molecule has 0 bridgehead atoms. The second-order valence-corrected chi connectivity index (χ2v) is 24.1. The van der Waals surface area contributed by atoms with E-state index in [2.05, 4.69) is 83.0 Å². The summed E-state index contributed by atoms with van der Waals surface area (Å²) in [6, 6.07) is 32.4. The molecule has 0 radical (unpaired) electrons. The summed E-state index contributed by atoms with van der Waals surface area (Å²) in [6.45, 7) is 32.1. The first-order chi connectivity index (χ1) is 37.2. The average molecular weight is 1090 g/mol. The second-order valence-electron chi connectivity index (χ2n) is 24.1. The van der Waals surface area contributed by atoms with Gasteiger partial charge in [-0.05, 0) is 140 Å². The number of rotatable bonds is 28. The van der Waals surface area contributed by atoms with E-state index in [1.54, 1.807) is 0 Å². The van der Waals surface area contributed by atoms with Crippen molar-refractivity contribution in [2.24, 2.45) is 0 Å². The van der Waals surface area contributed by atoms with Crippen molar-refractivity contribution < 1.29 is 47.6 Å². The van der Waals surface area contributed by atoms with E-state index >= 15 is 0 Å². The van der Waals surface area contributed by atoms with Crippen LogP contribution in [-0.4, -0.2) is 111 Å². The van der Waals surface area contributed by atoms with Crippen LogP contribution >= 0.6 is 0 Å². The lowest BCUT2D eigenvalue weighted by atomic mass is 9.78. The molecular formula is C63H90N6O10. The van der Waals surface area contributed by atoms with Gasteiger partial charge in [0.2, 0.25) is 0 Å². The zero-order chi connectivity index (χ0) is 57.8. The van der Waals surface area contributed by atoms with Crippen LogP contribution in [0.1, 0.15) is 156 Å². The van der Waals surface area contributed by atoms with Gasteiger partial charge in [0.25, 0.3) is 0 Å². The van der Waals surface area contributed by atoms with E-state index in [0.717, 1.165) is 72.2 Å². The molecule has 16 heteroatoms. The fraction of sp³-hybridized carbons (Fsp3) is 0.556. The Hall–Kier alpha value is -6.52. The molecule has 6 rings (SSSR count). The number of nitrogens with zero attached hydrogens (tertiary/aromatic N) is 2. The van der Waals surface area contributed by atoms with Crippen LogP contribution < -0.4 is 30.7 Å². The molecule has 2 heterocycles. The Morgan fingerprint density at radius 1 is 0.481 bits per heavy atom. The summed E-state index contributed by atoms with van der Waals surface area (Å²) in [5, 5.41) is 12.1. The summed E-state index contributed by atoms with van der Waals surface area (Å²) in [7, 11) is 0. The standard InChI is InChI=1S/C63H90N6O10/c1-15-17-33-74-55(70)64-60(7,8)47-21-19-23-49(35-47)62(11,12)66-57(72)78-53(39-68-37-43(68)3)41-76-51-29-25-45(26-30-51)59(5,6)46-27-31-52(32-28-46)77-42-54(40-69-38-44(69)4)79-58(73)67-63(13,14)50-24-20-22-48(36-50)61(9,10)65-56(71)75-34-18-16-2/h19-32,35-36,43-44,53-54H,15-18,33-34,37-42H2,1-14H3,(H,64,70)(H,65,71)(H,66,72)(H,67,73).